The van der Waals surface area contributed by atoms with E-state index in [2.05, 4.69) is 10.6 Å². The summed E-state index contributed by atoms with van der Waals surface area (Å²) in [6.07, 6.45) is -0.911. The fourth-order valence-corrected chi connectivity index (χ4v) is 1.83. The van der Waals surface area contributed by atoms with Gasteiger partial charge in [-0.3, -0.25) is 28.8 Å². The predicted molar refractivity (Wildman–Crippen MR) is 74.4 cm³/mol. The van der Waals surface area contributed by atoms with Crippen LogP contribution >= 0.6 is 0 Å². The second-order valence-corrected chi connectivity index (χ2v) is 4.87. The molecule has 132 valence electrons. The number of carboxylic acid groups (broad SMARTS) is 2. The Labute approximate surface area is 135 Å². The van der Waals surface area contributed by atoms with Crippen LogP contribution in [0.3, 0.4) is 0 Å². The quantitative estimate of drug-likeness (QED) is 0.258. The number of hydrogen-bond donors (Lipinski definition) is 6. The molecule has 4 amide bonds. The number of aliphatic carboxylic acids is 2. The van der Waals surface area contributed by atoms with E-state index in [1.165, 1.54) is 0 Å². The Bertz CT molecular complexity index is 525. The minimum absolute atomic E-state index is 0.456. The number of amides is 4. The lowest BCUT2D eigenvalue weighted by atomic mass is 10.0. The third-order valence-corrected chi connectivity index (χ3v) is 2.92. The van der Waals surface area contributed by atoms with E-state index in [-0.39, 0.29) is 0 Å². The van der Waals surface area contributed by atoms with Gasteiger partial charge in [-0.25, -0.2) is 0 Å². The van der Waals surface area contributed by atoms with Gasteiger partial charge in [0.2, 0.25) is 23.6 Å². The second kappa shape index (κ2) is 8.45. The smallest absolute Gasteiger partial charge is 0.322 e. The lowest BCUT2D eigenvalue weighted by molar-refractivity contribution is -0.141. The molecule has 0 bridgehead atoms. The molecule has 24 heavy (non-hydrogen) atoms. The van der Waals surface area contributed by atoms with E-state index in [0.717, 1.165) is 0 Å². The Kier molecular flexibility index (Phi) is 6.64. The van der Waals surface area contributed by atoms with Crippen molar-refractivity contribution in [2.45, 2.75) is 24.9 Å². The van der Waals surface area contributed by atoms with Crippen LogP contribution in [0.15, 0.2) is 0 Å². The molecule has 0 radical (unpaired) electrons. The summed E-state index contributed by atoms with van der Waals surface area (Å²) in [5.41, 5.74) is 0. The van der Waals surface area contributed by atoms with Crippen molar-refractivity contribution >= 4 is 35.6 Å². The summed E-state index contributed by atoms with van der Waals surface area (Å²) >= 11 is 0. The van der Waals surface area contributed by atoms with Crippen LogP contribution in [0.1, 0.15) is 12.8 Å². The lowest BCUT2D eigenvalue weighted by Gasteiger charge is -2.28. The average molecular weight is 344 g/mol. The molecule has 2 atom stereocenters. The Hall–Kier alpha value is -3.18. The molecule has 0 aromatic heterocycles. The van der Waals surface area contributed by atoms with Crippen LogP contribution in [0.4, 0.5) is 0 Å². The van der Waals surface area contributed by atoms with Crippen molar-refractivity contribution in [2.24, 2.45) is 0 Å². The highest BCUT2D eigenvalue weighted by Crippen LogP contribution is 2.04. The largest absolute Gasteiger partial charge is 0.480 e. The van der Waals surface area contributed by atoms with Crippen LogP contribution in [-0.2, 0) is 28.8 Å². The minimum atomic E-state index is -1.26. The van der Waals surface area contributed by atoms with Crippen molar-refractivity contribution in [3.05, 3.63) is 0 Å². The molecule has 1 rings (SSSR count). The number of carbonyl (C=O) groups is 6. The summed E-state index contributed by atoms with van der Waals surface area (Å²) in [6.45, 7) is -1.24. The molecule has 0 spiro atoms. The molecule has 0 aliphatic carbocycles. The van der Waals surface area contributed by atoms with Crippen LogP contribution in [0.25, 0.3) is 0 Å². The van der Waals surface area contributed by atoms with E-state index >= 15 is 0 Å². The molecule has 0 aromatic carbocycles. The first-order chi connectivity index (χ1) is 11.2. The molecule has 6 N–H and O–H groups in total. The third kappa shape index (κ3) is 6.29. The molecule has 12 heteroatoms. The van der Waals surface area contributed by atoms with Crippen LogP contribution in [0.2, 0.25) is 0 Å². The first-order valence-electron chi connectivity index (χ1n) is 6.76. The van der Waals surface area contributed by atoms with Crippen molar-refractivity contribution in [1.82, 2.24) is 21.3 Å². The number of carboxylic acids is 2. The van der Waals surface area contributed by atoms with Gasteiger partial charge in [-0.05, 0) is 0 Å². The highest BCUT2D eigenvalue weighted by Gasteiger charge is 2.35. The molecule has 0 unspecified atom stereocenters. The van der Waals surface area contributed by atoms with Crippen molar-refractivity contribution in [3.8, 4) is 0 Å². The normalized spacial score (nSPS) is 19.7. The van der Waals surface area contributed by atoms with E-state index in [4.69, 9.17) is 10.2 Å². The van der Waals surface area contributed by atoms with Gasteiger partial charge in [0.1, 0.15) is 25.2 Å². The molecular formula is C12H16N4O8. The number of carbonyl (C=O) groups excluding carboxylic acids is 4. The van der Waals surface area contributed by atoms with E-state index in [0.29, 0.717) is 0 Å². The van der Waals surface area contributed by atoms with Gasteiger partial charge in [0, 0.05) is 0 Å². The topological polar surface area (TPSA) is 191 Å². The first-order valence-corrected chi connectivity index (χ1v) is 6.76. The number of piperazine rings is 1. The molecule has 1 aliphatic heterocycles. The van der Waals surface area contributed by atoms with Gasteiger partial charge in [0.05, 0.1) is 12.8 Å². The van der Waals surface area contributed by atoms with Crippen LogP contribution in [-0.4, -0.2) is 71.0 Å². The molecule has 1 saturated heterocycles. The van der Waals surface area contributed by atoms with E-state index in [1.54, 1.807) is 0 Å². The van der Waals surface area contributed by atoms with E-state index in [9.17, 15) is 28.8 Å². The fourth-order valence-electron chi connectivity index (χ4n) is 1.83. The Balaban J connectivity index is 2.49. The molecular weight excluding hydrogens is 328 g/mol. The van der Waals surface area contributed by atoms with Gasteiger partial charge >= 0.3 is 11.9 Å². The minimum Gasteiger partial charge on any atom is -0.480 e. The highest BCUT2D eigenvalue weighted by atomic mass is 16.4. The zero-order valence-corrected chi connectivity index (χ0v) is 12.3. The van der Waals surface area contributed by atoms with Crippen molar-refractivity contribution < 1.29 is 39.0 Å². The summed E-state index contributed by atoms with van der Waals surface area (Å²) < 4.78 is 0. The molecule has 1 heterocycles. The summed E-state index contributed by atoms with van der Waals surface area (Å²) in [7, 11) is 0. The monoisotopic (exact) mass is 344 g/mol. The van der Waals surface area contributed by atoms with Gasteiger partial charge in [0.25, 0.3) is 0 Å². The Morgan fingerprint density at radius 2 is 1.12 bits per heavy atom. The SMILES string of the molecule is O=C(O)CNC(=O)C[C@@H]1NC(=O)[C@H](CC(=O)NCC(=O)O)NC1=O. The zero-order valence-electron chi connectivity index (χ0n) is 12.3. The van der Waals surface area contributed by atoms with Gasteiger partial charge in [-0.2, -0.15) is 0 Å². The van der Waals surface area contributed by atoms with Crippen LogP contribution in [0.5, 0.6) is 0 Å². The summed E-state index contributed by atoms with van der Waals surface area (Å²) in [4.78, 5) is 67.2. The van der Waals surface area contributed by atoms with Gasteiger partial charge < -0.3 is 31.5 Å². The van der Waals surface area contributed by atoms with Gasteiger partial charge in [-0.1, -0.05) is 0 Å². The lowest BCUT2D eigenvalue weighted by Crippen LogP contribution is -2.63. The zero-order chi connectivity index (χ0) is 18.3. The van der Waals surface area contributed by atoms with Crippen molar-refractivity contribution in [3.63, 3.8) is 0 Å². The predicted octanol–water partition coefficient (Wildman–Crippen LogP) is -3.85. The standard InChI is InChI=1S/C12H16N4O8/c17-7(13-3-9(19)20)1-5-11(23)16-6(12(24)15-5)2-8(18)14-4-10(21)22/h5-6H,1-4H2,(H,13,17)(H,14,18)(H,15,24)(H,16,23)(H,19,20)(H,21,22)/t5-,6-/m0/s1. The van der Waals surface area contributed by atoms with Crippen molar-refractivity contribution in [2.75, 3.05) is 13.1 Å². The summed E-state index contributed by atoms with van der Waals surface area (Å²) in [5, 5.41) is 25.4. The molecule has 0 aromatic rings. The summed E-state index contributed by atoms with van der Waals surface area (Å²) in [6, 6.07) is -2.38. The maximum absolute atomic E-state index is 11.8. The first kappa shape index (κ1) is 18.9. The Morgan fingerprint density at radius 3 is 1.42 bits per heavy atom. The van der Waals surface area contributed by atoms with E-state index in [1.807, 2.05) is 10.6 Å². The number of hydrogen-bond acceptors (Lipinski definition) is 6. The van der Waals surface area contributed by atoms with Crippen molar-refractivity contribution in [1.29, 1.82) is 0 Å². The highest BCUT2D eigenvalue weighted by molar-refractivity contribution is 6.01. The number of nitrogens with one attached hydrogen (secondary N) is 4. The average Bonchev–Trinajstić information content (AvgIpc) is 2.48. The molecule has 1 aliphatic rings. The van der Waals surface area contributed by atoms with Gasteiger partial charge in [0.15, 0.2) is 0 Å². The Morgan fingerprint density at radius 1 is 0.792 bits per heavy atom. The third-order valence-electron chi connectivity index (χ3n) is 2.92. The van der Waals surface area contributed by atoms with E-state index < -0.39 is 73.6 Å². The second-order valence-electron chi connectivity index (χ2n) is 4.87. The maximum atomic E-state index is 11.8. The maximum Gasteiger partial charge on any atom is 0.322 e. The molecule has 12 nitrogen and oxygen atoms in total. The van der Waals surface area contributed by atoms with Crippen LogP contribution in [0, 0.1) is 0 Å². The molecule has 1 fully saturated rings. The van der Waals surface area contributed by atoms with Crippen LogP contribution < -0.4 is 21.3 Å². The fraction of sp³-hybridized carbons (Fsp3) is 0.500. The number of rotatable bonds is 8. The summed E-state index contributed by atoms with van der Waals surface area (Å²) in [5.74, 6) is -5.42. The van der Waals surface area contributed by atoms with Gasteiger partial charge in [-0.15, -0.1) is 0 Å². The molecule has 0 saturated carbocycles.